The summed E-state index contributed by atoms with van der Waals surface area (Å²) in [5.41, 5.74) is 0. The van der Waals surface area contributed by atoms with Gasteiger partial charge in [-0.3, -0.25) is 9.79 Å². The minimum absolute atomic E-state index is 0. The third-order valence-electron chi connectivity index (χ3n) is 0.744. The van der Waals surface area contributed by atoms with Gasteiger partial charge in [-0.1, -0.05) is 0 Å². The maximum atomic E-state index is 10.3. The summed E-state index contributed by atoms with van der Waals surface area (Å²) in [6.45, 7) is 0. The van der Waals surface area contributed by atoms with E-state index in [0.29, 0.717) is 6.42 Å². The van der Waals surface area contributed by atoms with Crippen LogP contribution in [0.25, 0.3) is 0 Å². The number of hydrogen-bond donors (Lipinski definition) is 0. The minimum Gasteiger partial charge on any atom is -0.412 e. The molecule has 0 unspecified atom stereocenters. The molecule has 2 N–H and O–H groups in total. The molecule has 3 nitrogen and oxygen atoms in total. The summed E-state index contributed by atoms with van der Waals surface area (Å²) >= 11 is 0. The van der Waals surface area contributed by atoms with E-state index in [4.69, 9.17) is 0 Å². The van der Waals surface area contributed by atoms with E-state index >= 15 is 0 Å². The van der Waals surface area contributed by atoms with Gasteiger partial charge in [0.2, 0.25) is 0 Å². The molecular weight excluding hydrogens is 106 g/mol. The lowest BCUT2D eigenvalue weighted by Gasteiger charge is -1.88. The van der Waals surface area contributed by atoms with E-state index in [1.54, 1.807) is 6.21 Å². The average molecular weight is 113 g/mol. The van der Waals surface area contributed by atoms with Crippen molar-refractivity contribution in [1.29, 1.82) is 0 Å². The largest absolute Gasteiger partial charge is 0.412 e. The van der Waals surface area contributed by atoms with Crippen LogP contribution < -0.4 is 0 Å². The van der Waals surface area contributed by atoms with E-state index in [0.717, 1.165) is 0 Å². The van der Waals surface area contributed by atoms with Gasteiger partial charge in [0.05, 0.1) is 0 Å². The minimum atomic E-state index is 0. The molecule has 8 heavy (non-hydrogen) atoms. The van der Waals surface area contributed by atoms with Crippen LogP contribution in [0.5, 0.6) is 0 Å². The highest BCUT2D eigenvalue weighted by Gasteiger charge is 1.93. The van der Waals surface area contributed by atoms with Gasteiger partial charge in [0.15, 0.2) is 5.78 Å². The number of aliphatic imine (C=N–C) groups is 1. The quantitative estimate of drug-likeness (QED) is 0.426. The van der Waals surface area contributed by atoms with Crippen LogP contribution in [0, 0.1) is 0 Å². The summed E-state index contributed by atoms with van der Waals surface area (Å²) < 4.78 is 0. The smallest absolute Gasteiger partial charge is 0.162 e. The Morgan fingerprint density at radius 2 is 2.38 bits per heavy atom. The van der Waals surface area contributed by atoms with Crippen LogP contribution >= 0.6 is 0 Å². The van der Waals surface area contributed by atoms with Crippen molar-refractivity contribution in [1.82, 2.24) is 0 Å². The third kappa shape index (κ3) is 1.66. The number of rotatable bonds is 0. The molecule has 0 aromatic rings. The summed E-state index contributed by atoms with van der Waals surface area (Å²) in [4.78, 5) is 14.0. The molecule has 0 spiro atoms. The Bertz CT molecular complexity index is 137. The standard InChI is InChI=1S/C5H5NO.H2O/c7-5-1-3-6-4-2-5;/h1,3-4H,2H2;1H2. The first kappa shape index (κ1) is 7.04. The van der Waals surface area contributed by atoms with E-state index in [1.807, 2.05) is 0 Å². The predicted octanol–water partition coefficient (Wildman–Crippen LogP) is -0.281. The second-order valence-corrected chi connectivity index (χ2v) is 1.32. The maximum absolute atomic E-state index is 10.3. The van der Waals surface area contributed by atoms with E-state index in [2.05, 4.69) is 4.99 Å². The van der Waals surface area contributed by atoms with Crippen molar-refractivity contribution >= 4 is 12.0 Å². The van der Waals surface area contributed by atoms with Gasteiger partial charge in [0.25, 0.3) is 0 Å². The van der Waals surface area contributed by atoms with Gasteiger partial charge >= 0.3 is 0 Å². The van der Waals surface area contributed by atoms with Crippen LogP contribution in [-0.4, -0.2) is 17.5 Å². The van der Waals surface area contributed by atoms with Crippen molar-refractivity contribution in [3.63, 3.8) is 0 Å². The molecule has 0 fully saturated rings. The summed E-state index contributed by atoms with van der Waals surface area (Å²) in [6, 6.07) is 0. The van der Waals surface area contributed by atoms with E-state index in [1.165, 1.54) is 12.3 Å². The van der Waals surface area contributed by atoms with Crippen molar-refractivity contribution in [2.45, 2.75) is 6.42 Å². The second kappa shape index (κ2) is 3.10. The topological polar surface area (TPSA) is 60.9 Å². The van der Waals surface area contributed by atoms with Crippen molar-refractivity contribution < 1.29 is 10.3 Å². The number of carbonyl (C=O) groups excluding carboxylic acids is 1. The van der Waals surface area contributed by atoms with Crippen molar-refractivity contribution in [3.8, 4) is 0 Å². The van der Waals surface area contributed by atoms with Crippen LogP contribution in [0.15, 0.2) is 17.3 Å². The molecule has 3 heteroatoms. The summed E-state index contributed by atoms with van der Waals surface area (Å²) in [7, 11) is 0. The van der Waals surface area contributed by atoms with E-state index < -0.39 is 0 Å². The Kier molecular flexibility index (Phi) is 2.72. The molecule has 1 aliphatic heterocycles. The van der Waals surface area contributed by atoms with Crippen LogP contribution in [0.1, 0.15) is 6.42 Å². The number of allylic oxidation sites excluding steroid dienone is 1. The lowest BCUT2D eigenvalue weighted by Crippen LogP contribution is -1.95. The lowest BCUT2D eigenvalue weighted by atomic mass is 10.3. The Balaban J connectivity index is 0.000000490. The Hall–Kier alpha value is -0.960. The molecule has 44 valence electrons. The van der Waals surface area contributed by atoms with Crippen molar-refractivity contribution in [2.24, 2.45) is 4.99 Å². The lowest BCUT2D eigenvalue weighted by molar-refractivity contribution is -0.113. The molecule has 0 saturated heterocycles. The highest BCUT2D eigenvalue weighted by molar-refractivity contribution is 6.00. The SMILES string of the molecule is O.O=C1C=CN=CC1. The summed E-state index contributed by atoms with van der Waals surface area (Å²) in [5, 5.41) is 0. The first-order valence-corrected chi connectivity index (χ1v) is 2.10. The Morgan fingerprint density at radius 3 is 2.62 bits per heavy atom. The summed E-state index contributed by atoms with van der Waals surface area (Å²) in [6.07, 6.45) is 5.05. The van der Waals surface area contributed by atoms with Gasteiger partial charge in [0.1, 0.15) is 0 Å². The fourth-order valence-electron chi connectivity index (χ4n) is 0.398. The maximum Gasteiger partial charge on any atom is 0.162 e. The normalized spacial score (nSPS) is 15.8. The average Bonchev–Trinajstić information content (AvgIpc) is 1.69. The van der Waals surface area contributed by atoms with Crippen molar-refractivity contribution in [3.05, 3.63) is 12.3 Å². The van der Waals surface area contributed by atoms with Crippen LogP contribution in [0.3, 0.4) is 0 Å². The highest BCUT2D eigenvalue weighted by Crippen LogP contribution is 1.88. The zero-order valence-corrected chi connectivity index (χ0v) is 4.29. The molecule has 1 rings (SSSR count). The fraction of sp³-hybridized carbons (Fsp3) is 0.200. The van der Waals surface area contributed by atoms with Crippen LogP contribution in [0.4, 0.5) is 0 Å². The predicted molar refractivity (Wildman–Crippen MR) is 30.9 cm³/mol. The van der Waals surface area contributed by atoms with Gasteiger partial charge in [-0.15, -0.1) is 0 Å². The van der Waals surface area contributed by atoms with Crippen molar-refractivity contribution in [2.75, 3.05) is 0 Å². The Morgan fingerprint density at radius 1 is 1.62 bits per heavy atom. The van der Waals surface area contributed by atoms with E-state index in [-0.39, 0.29) is 11.3 Å². The Labute approximate surface area is 47.0 Å². The van der Waals surface area contributed by atoms with Crippen LogP contribution in [-0.2, 0) is 4.79 Å². The molecule has 0 atom stereocenters. The molecule has 0 aromatic heterocycles. The fourth-order valence-corrected chi connectivity index (χ4v) is 0.398. The second-order valence-electron chi connectivity index (χ2n) is 1.32. The summed E-state index contributed by atoms with van der Waals surface area (Å²) in [5.74, 6) is 0.134. The molecule has 0 amide bonds. The molecule has 0 bridgehead atoms. The van der Waals surface area contributed by atoms with E-state index in [9.17, 15) is 4.79 Å². The van der Waals surface area contributed by atoms with Gasteiger partial charge in [-0.05, 0) is 6.08 Å². The number of nitrogens with zero attached hydrogens (tertiary/aromatic N) is 1. The third-order valence-corrected chi connectivity index (χ3v) is 0.744. The molecule has 0 aliphatic carbocycles. The zero-order valence-electron chi connectivity index (χ0n) is 4.29. The molecule has 1 heterocycles. The number of carbonyl (C=O) groups is 1. The molecular formula is C5H7NO2. The number of hydrogen-bond acceptors (Lipinski definition) is 2. The van der Waals surface area contributed by atoms with Gasteiger partial charge in [0, 0.05) is 18.8 Å². The highest BCUT2D eigenvalue weighted by atomic mass is 16.1. The van der Waals surface area contributed by atoms with Crippen LogP contribution in [0.2, 0.25) is 0 Å². The number of ketones is 1. The first-order valence-electron chi connectivity index (χ1n) is 2.10. The first-order chi connectivity index (χ1) is 3.39. The molecule has 0 radical (unpaired) electrons. The molecule has 0 saturated carbocycles. The van der Waals surface area contributed by atoms with Gasteiger partial charge < -0.3 is 5.48 Å². The van der Waals surface area contributed by atoms with Gasteiger partial charge in [-0.2, -0.15) is 0 Å². The van der Waals surface area contributed by atoms with Gasteiger partial charge in [-0.25, -0.2) is 0 Å². The molecule has 1 aliphatic rings. The zero-order chi connectivity index (χ0) is 5.11. The molecule has 0 aromatic carbocycles. The monoisotopic (exact) mass is 113 g/mol.